The van der Waals surface area contributed by atoms with Crippen LogP contribution in [0.2, 0.25) is 0 Å². The van der Waals surface area contributed by atoms with Crippen LogP contribution in [0.1, 0.15) is 31.7 Å². The molecule has 0 radical (unpaired) electrons. The van der Waals surface area contributed by atoms with E-state index in [4.69, 9.17) is 11.6 Å². The normalized spacial score (nSPS) is 13.7. The van der Waals surface area contributed by atoms with Crippen LogP contribution < -0.4 is 4.72 Å². The van der Waals surface area contributed by atoms with Gasteiger partial charge in [0.05, 0.1) is 16.8 Å². The number of rotatable bonds is 5. The molecule has 1 aromatic rings. The molecule has 96 valence electrons. The van der Waals surface area contributed by atoms with Gasteiger partial charge in [0.15, 0.2) is 0 Å². The minimum Gasteiger partial charge on any atom is -0.283 e. The quantitative estimate of drug-likeness (QED) is 0.838. The summed E-state index contributed by atoms with van der Waals surface area (Å²) in [4.78, 5) is 0. The molecule has 1 rings (SSSR count). The van der Waals surface area contributed by atoms with Crippen molar-refractivity contribution in [2.75, 3.05) is 10.5 Å². The van der Waals surface area contributed by atoms with E-state index in [1.165, 1.54) is 0 Å². The van der Waals surface area contributed by atoms with Crippen molar-refractivity contribution >= 4 is 27.3 Å². The van der Waals surface area contributed by atoms with Crippen molar-refractivity contribution < 1.29 is 8.42 Å². The minimum atomic E-state index is -3.30. The lowest BCUT2D eigenvalue weighted by atomic mass is 10.1. The van der Waals surface area contributed by atoms with Gasteiger partial charge in [-0.25, -0.2) is 8.42 Å². The monoisotopic (exact) mass is 275 g/mol. The zero-order valence-corrected chi connectivity index (χ0v) is 11.8. The Kier molecular flexibility index (Phi) is 4.83. The summed E-state index contributed by atoms with van der Waals surface area (Å²) >= 11 is 6.01. The van der Waals surface area contributed by atoms with E-state index in [1.807, 2.05) is 32.9 Å². The molecular formula is C12H18ClNO2S. The Morgan fingerprint density at radius 1 is 1.24 bits per heavy atom. The standard InChI is InChI=1S/C12H18ClNO2S/c1-9(2)8-17(15,16)14-12-7-5-4-6-11(12)10(3)13/h4-7,9-10,14H,8H2,1-3H3. The second kappa shape index (κ2) is 5.74. The molecule has 5 heteroatoms. The minimum absolute atomic E-state index is 0.0908. The van der Waals surface area contributed by atoms with Crippen molar-refractivity contribution in [1.29, 1.82) is 0 Å². The number of sulfonamides is 1. The average Bonchev–Trinajstić information content (AvgIpc) is 2.14. The van der Waals surface area contributed by atoms with Gasteiger partial charge in [-0.15, -0.1) is 11.6 Å². The van der Waals surface area contributed by atoms with Crippen molar-refractivity contribution in [3.05, 3.63) is 29.8 Å². The largest absolute Gasteiger partial charge is 0.283 e. The Morgan fingerprint density at radius 2 is 1.82 bits per heavy atom. The lowest BCUT2D eigenvalue weighted by Gasteiger charge is -2.14. The predicted molar refractivity (Wildman–Crippen MR) is 73.0 cm³/mol. The third-order valence-electron chi connectivity index (χ3n) is 2.21. The highest BCUT2D eigenvalue weighted by molar-refractivity contribution is 7.92. The Balaban J connectivity index is 2.96. The van der Waals surface area contributed by atoms with Gasteiger partial charge in [0, 0.05) is 0 Å². The number of hydrogen-bond donors (Lipinski definition) is 1. The van der Waals surface area contributed by atoms with Gasteiger partial charge in [0.1, 0.15) is 0 Å². The van der Waals surface area contributed by atoms with Crippen LogP contribution in [0.4, 0.5) is 5.69 Å². The zero-order valence-electron chi connectivity index (χ0n) is 10.3. The predicted octanol–water partition coefficient (Wildman–Crippen LogP) is 3.38. The summed E-state index contributed by atoms with van der Waals surface area (Å²) in [6, 6.07) is 7.18. The van der Waals surface area contributed by atoms with Crippen LogP contribution in [0, 0.1) is 5.92 Å². The molecule has 1 aromatic carbocycles. The maximum Gasteiger partial charge on any atom is 0.232 e. The van der Waals surface area contributed by atoms with Crippen molar-refractivity contribution in [2.45, 2.75) is 26.1 Å². The molecule has 3 nitrogen and oxygen atoms in total. The molecule has 0 amide bonds. The molecule has 1 unspecified atom stereocenters. The summed E-state index contributed by atoms with van der Waals surface area (Å²) in [6.07, 6.45) is 0. The lowest BCUT2D eigenvalue weighted by molar-refractivity contribution is 0.587. The first kappa shape index (κ1) is 14.3. The Hall–Kier alpha value is -0.740. The number of nitrogens with one attached hydrogen (secondary N) is 1. The van der Waals surface area contributed by atoms with Crippen molar-refractivity contribution in [3.8, 4) is 0 Å². The number of anilines is 1. The molecule has 0 saturated heterocycles. The van der Waals surface area contributed by atoms with Gasteiger partial charge >= 0.3 is 0 Å². The molecule has 1 atom stereocenters. The van der Waals surface area contributed by atoms with Crippen LogP contribution in [0.15, 0.2) is 24.3 Å². The first-order valence-electron chi connectivity index (χ1n) is 5.55. The van der Waals surface area contributed by atoms with Gasteiger partial charge in [0.25, 0.3) is 0 Å². The second-order valence-corrected chi connectivity index (χ2v) is 6.90. The third-order valence-corrected chi connectivity index (χ3v) is 4.08. The summed E-state index contributed by atoms with van der Waals surface area (Å²) < 4.78 is 26.2. The fraction of sp³-hybridized carbons (Fsp3) is 0.500. The first-order chi connectivity index (χ1) is 7.82. The van der Waals surface area contributed by atoms with Crippen molar-refractivity contribution in [1.82, 2.24) is 0 Å². The molecule has 0 heterocycles. The van der Waals surface area contributed by atoms with Crippen LogP contribution in [0.5, 0.6) is 0 Å². The number of para-hydroxylation sites is 1. The van der Waals surface area contributed by atoms with Gasteiger partial charge < -0.3 is 0 Å². The van der Waals surface area contributed by atoms with Gasteiger partial charge in [0.2, 0.25) is 10.0 Å². The maximum atomic E-state index is 11.8. The fourth-order valence-electron chi connectivity index (χ4n) is 1.58. The molecule has 0 aliphatic rings. The highest BCUT2D eigenvalue weighted by Crippen LogP contribution is 2.27. The van der Waals surface area contributed by atoms with Crippen LogP contribution in [0.3, 0.4) is 0 Å². The van der Waals surface area contributed by atoms with E-state index in [0.29, 0.717) is 5.69 Å². The zero-order chi connectivity index (χ0) is 13.1. The van der Waals surface area contributed by atoms with E-state index in [-0.39, 0.29) is 17.0 Å². The lowest BCUT2D eigenvalue weighted by Crippen LogP contribution is -2.20. The van der Waals surface area contributed by atoms with Gasteiger partial charge in [-0.1, -0.05) is 32.0 Å². The van der Waals surface area contributed by atoms with E-state index < -0.39 is 10.0 Å². The van der Waals surface area contributed by atoms with E-state index >= 15 is 0 Å². The van der Waals surface area contributed by atoms with E-state index in [1.54, 1.807) is 12.1 Å². The fourth-order valence-corrected chi connectivity index (χ4v) is 3.26. The van der Waals surface area contributed by atoms with Crippen molar-refractivity contribution in [2.24, 2.45) is 5.92 Å². The first-order valence-corrected chi connectivity index (χ1v) is 7.64. The summed E-state index contributed by atoms with van der Waals surface area (Å²) in [7, 11) is -3.30. The molecule has 0 fully saturated rings. The molecule has 0 aromatic heterocycles. The summed E-state index contributed by atoms with van der Waals surface area (Å²) in [6.45, 7) is 5.56. The Labute approximate surface area is 108 Å². The third kappa shape index (κ3) is 4.56. The molecule has 0 saturated carbocycles. The average molecular weight is 276 g/mol. The van der Waals surface area contributed by atoms with Gasteiger partial charge in [-0.3, -0.25) is 4.72 Å². The van der Waals surface area contributed by atoms with Crippen LogP contribution >= 0.6 is 11.6 Å². The van der Waals surface area contributed by atoms with Crippen LogP contribution in [-0.2, 0) is 10.0 Å². The van der Waals surface area contributed by atoms with Gasteiger partial charge in [-0.2, -0.15) is 0 Å². The van der Waals surface area contributed by atoms with Crippen LogP contribution in [0.25, 0.3) is 0 Å². The van der Waals surface area contributed by atoms with E-state index in [2.05, 4.69) is 4.72 Å². The van der Waals surface area contributed by atoms with E-state index in [0.717, 1.165) is 5.56 Å². The second-order valence-electron chi connectivity index (χ2n) is 4.48. The van der Waals surface area contributed by atoms with E-state index in [9.17, 15) is 8.42 Å². The molecular weight excluding hydrogens is 258 g/mol. The van der Waals surface area contributed by atoms with Gasteiger partial charge in [-0.05, 0) is 24.5 Å². The molecule has 0 aliphatic carbocycles. The summed E-state index contributed by atoms with van der Waals surface area (Å²) in [5.74, 6) is 0.200. The Bertz CT molecular complexity index is 469. The number of benzene rings is 1. The number of halogens is 1. The molecule has 17 heavy (non-hydrogen) atoms. The SMILES string of the molecule is CC(C)CS(=O)(=O)Nc1ccccc1C(C)Cl. The summed E-state index contributed by atoms with van der Waals surface area (Å²) in [5, 5.41) is -0.229. The topological polar surface area (TPSA) is 46.2 Å². The van der Waals surface area contributed by atoms with Crippen molar-refractivity contribution in [3.63, 3.8) is 0 Å². The molecule has 0 spiro atoms. The number of alkyl halides is 1. The smallest absolute Gasteiger partial charge is 0.232 e. The summed E-state index contributed by atoms with van der Waals surface area (Å²) in [5.41, 5.74) is 1.36. The Morgan fingerprint density at radius 3 is 2.35 bits per heavy atom. The molecule has 0 aliphatic heterocycles. The number of hydrogen-bond acceptors (Lipinski definition) is 2. The van der Waals surface area contributed by atoms with Crippen LogP contribution in [-0.4, -0.2) is 14.2 Å². The molecule has 1 N–H and O–H groups in total. The maximum absolute atomic E-state index is 11.8. The highest BCUT2D eigenvalue weighted by atomic mass is 35.5. The molecule has 0 bridgehead atoms. The highest BCUT2D eigenvalue weighted by Gasteiger charge is 2.16.